The van der Waals surface area contributed by atoms with Gasteiger partial charge in [-0.1, -0.05) is 5.16 Å². The van der Waals surface area contributed by atoms with Crippen LogP contribution < -0.4 is 45.7 Å². The van der Waals surface area contributed by atoms with Crippen molar-refractivity contribution in [1.82, 2.24) is 19.6 Å². The Balaban J connectivity index is 0.00000300. The van der Waals surface area contributed by atoms with Gasteiger partial charge in [0.25, 0.3) is 18.7 Å². The minimum absolute atomic E-state index is 0. The number of halogens is 1. The van der Waals surface area contributed by atoms with Gasteiger partial charge in [0.2, 0.25) is 11.5 Å². The number of nitrogens with two attached hydrogens (primary N) is 1. The standard InChI is InChI=1S/C13H13FN6O6S2.Na/c14-3-26-18-5(8-17-13(15)28-19-8)9(22)16-6-10(23)20-7(12(24)25)4(1-21)2-27-11(6)20;/h6,11,21H,1-3H2,(H,16,22)(H,24,25)(H2,15,17,19);/q;+1/p-1/b18-5-;/t6-,11-;/m1./s1. The Bertz CT molecular complexity index is 895. The van der Waals surface area contributed by atoms with Gasteiger partial charge in [-0.05, 0) is 5.57 Å². The average molecular weight is 454 g/mol. The summed E-state index contributed by atoms with van der Waals surface area (Å²) < 4.78 is 16.1. The summed E-state index contributed by atoms with van der Waals surface area (Å²) in [5.74, 6) is -3.33. The smallest absolute Gasteiger partial charge is 0.543 e. The van der Waals surface area contributed by atoms with Crippen LogP contribution in [0, 0.1) is 0 Å². The SMILES string of the molecule is Nc1nc(/C(=N/OCF)C(=O)N[C@@H]2C(=O)N3C(C(=O)[O-])=C(CO)CS[C@H]23)ns1.[Na+]. The molecule has 4 N–H and O–H groups in total. The monoisotopic (exact) mass is 454 g/mol. The number of nitrogens with one attached hydrogen (secondary N) is 1. The van der Waals surface area contributed by atoms with Crippen LogP contribution in [0.3, 0.4) is 0 Å². The molecule has 150 valence electrons. The molecule has 3 heterocycles. The van der Waals surface area contributed by atoms with Gasteiger partial charge < -0.3 is 30.9 Å². The molecule has 12 nitrogen and oxygen atoms in total. The number of β-lactam (4-membered cyclic amide) rings is 1. The molecule has 16 heteroatoms. The summed E-state index contributed by atoms with van der Waals surface area (Å²) >= 11 is 1.92. The Kier molecular flexibility index (Phi) is 7.95. The third-order valence-electron chi connectivity index (χ3n) is 3.79. The second-order valence-electron chi connectivity index (χ2n) is 5.39. The fourth-order valence-electron chi connectivity index (χ4n) is 2.61. The maximum absolute atomic E-state index is 12.5. The van der Waals surface area contributed by atoms with Gasteiger partial charge in [0, 0.05) is 17.3 Å². The molecule has 2 aliphatic rings. The number of amides is 2. The molecule has 0 aliphatic carbocycles. The summed E-state index contributed by atoms with van der Waals surface area (Å²) in [5.41, 5.74) is 4.69. The number of aliphatic hydroxyl groups is 1. The first-order chi connectivity index (χ1) is 13.4. The first-order valence-corrected chi connectivity index (χ1v) is 9.36. The summed E-state index contributed by atoms with van der Waals surface area (Å²) in [6, 6.07) is -1.08. The second kappa shape index (κ2) is 9.82. The predicted molar refractivity (Wildman–Crippen MR) is 92.1 cm³/mol. The Morgan fingerprint density at radius 3 is 2.79 bits per heavy atom. The number of oxime groups is 1. The van der Waals surface area contributed by atoms with Crippen LogP contribution in [-0.4, -0.2) is 73.5 Å². The Morgan fingerprint density at radius 2 is 2.24 bits per heavy atom. The predicted octanol–water partition coefficient (Wildman–Crippen LogP) is -5.83. The number of nitrogens with zero attached hydrogens (tertiary/aromatic N) is 4. The van der Waals surface area contributed by atoms with E-state index in [0.29, 0.717) is 0 Å². The molecule has 0 aromatic carbocycles. The number of fused-ring (bicyclic) bond motifs is 1. The number of carbonyl (C=O) groups excluding carboxylic acids is 3. The van der Waals surface area contributed by atoms with Crippen molar-refractivity contribution < 1.29 is 63.4 Å². The minimum Gasteiger partial charge on any atom is -0.543 e. The number of anilines is 1. The topological polar surface area (TPSA) is 183 Å². The van der Waals surface area contributed by atoms with Crippen LogP contribution in [0.15, 0.2) is 16.4 Å². The van der Waals surface area contributed by atoms with Crippen LogP contribution in [-0.2, 0) is 19.2 Å². The van der Waals surface area contributed by atoms with E-state index in [2.05, 4.69) is 24.7 Å². The van der Waals surface area contributed by atoms with E-state index in [1.807, 2.05) is 0 Å². The zero-order chi connectivity index (χ0) is 20.4. The van der Waals surface area contributed by atoms with Gasteiger partial charge in [0.15, 0.2) is 5.13 Å². The number of carboxylic acid groups (broad SMARTS) is 1. The van der Waals surface area contributed by atoms with Crippen molar-refractivity contribution in [2.75, 3.05) is 25.0 Å². The van der Waals surface area contributed by atoms with Crippen molar-refractivity contribution in [3.63, 3.8) is 0 Å². The number of carbonyl (C=O) groups is 3. The minimum atomic E-state index is -1.60. The number of alkyl halides is 1. The fourth-order valence-corrected chi connectivity index (χ4v) is 4.38. The molecule has 3 rings (SSSR count). The van der Waals surface area contributed by atoms with Crippen molar-refractivity contribution in [1.29, 1.82) is 0 Å². The second-order valence-corrected chi connectivity index (χ2v) is 7.28. The summed E-state index contributed by atoms with van der Waals surface area (Å²) in [6.45, 7) is -1.85. The number of rotatable bonds is 7. The molecule has 0 saturated carbocycles. The molecular weight excluding hydrogens is 442 g/mol. The largest absolute Gasteiger partial charge is 1.00 e. The van der Waals surface area contributed by atoms with Crippen LogP contribution in [0.5, 0.6) is 0 Å². The number of aromatic nitrogens is 2. The van der Waals surface area contributed by atoms with Gasteiger partial charge in [0.05, 0.1) is 18.3 Å². The van der Waals surface area contributed by atoms with Gasteiger partial charge in [-0.3, -0.25) is 14.5 Å². The first-order valence-electron chi connectivity index (χ1n) is 7.54. The van der Waals surface area contributed by atoms with Gasteiger partial charge in [-0.2, -0.15) is 9.36 Å². The van der Waals surface area contributed by atoms with E-state index in [1.54, 1.807) is 0 Å². The van der Waals surface area contributed by atoms with Gasteiger partial charge in [-0.15, -0.1) is 11.8 Å². The first kappa shape index (κ1) is 23.5. The molecule has 0 unspecified atom stereocenters. The molecule has 0 bridgehead atoms. The molecule has 2 amide bonds. The molecule has 29 heavy (non-hydrogen) atoms. The fraction of sp³-hybridized carbons (Fsp3) is 0.385. The van der Waals surface area contributed by atoms with Crippen molar-refractivity contribution in [3.05, 3.63) is 17.1 Å². The van der Waals surface area contributed by atoms with Crippen molar-refractivity contribution >= 4 is 51.9 Å². The van der Waals surface area contributed by atoms with Gasteiger partial charge >= 0.3 is 29.6 Å². The van der Waals surface area contributed by atoms with Crippen LogP contribution in [0.25, 0.3) is 0 Å². The normalized spacial score (nSPS) is 21.1. The summed E-state index contributed by atoms with van der Waals surface area (Å²) in [7, 11) is 0. The quantitative estimate of drug-likeness (QED) is 0.155. The molecule has 2 atom stereocenters. The van der Waals surface area contributed by atoms with E-state index in [0.717, 1.165) is 28.2 Å². The summed E-state index contributed by atoms with van der Waals surface area (Å²) in [5, 5.41) is 25.6. The van der Waals surface area contributed by atoms with Crippen molar-refractivity contribution in [2.45, 2.75) is 11.4 Å². The van der Waals surface area contributed by atoms with Crippen molar-refractivity contribution in [2.24, 2.45) is 5.16 Å². The van der Waals surface area contributed by atoms with Crippen LogP contribution in [0.2, 0.25) is 0 Å². The maximum Gasteiger partial charge on any atom is 1.00 e. The molecule has 1 aromatic heterocycles. The Hall–Kier alpha value is -1.78. The number of hydrogen-bond donors (Lipinski definition) is 3. The van der Waals surface area contributed by atoms with E-state index in [4.69, 9.17) is 5.73 Å². The van der Waals surface area contributed by atoms with Crippen LogP contribution in [0.4, 0.5) is 9.52 Å². The number of aliphatic hydroxyl groups excluding tert-OH is 1. The van der Waals surface area contributed by atoms with E-state index in [1.165, 1.54) is 0 Å². The average Bonchev–Trinajstić information content (AvgIpc) is 3.10. The molecule has 0 radical (unpaired) electrons. The van der Waals surface area contributed by atoms with Crippen molar-refractivity contribution in [3.8, 4) is 0 Å². The zero-order valence-corrected chi connectivity index (χ0v) is 18.5. The van der Waals surface area contributed by atoms with E-state index in [9.17, 15) is 29.0 Å². The number of thioether (sulfide) groups is 1. The number of carboxylic acids is 1. The summed E-state index contributed by atoms with van der Waals surface area (Å²) in [4.78, 5) is 45.2. The van der Waals surface area contributed by atoms with E-state index in [-0.39, 0.29) is 51.8 Å². The van der Waals surface area contributed by atoms with Gasteiger partial charge in [0.1, 0.15) is 11.4 Å². The maximum atomic E-state index is 12.5. The number of nitrogen functional groups attached to an aromatic ring is 1. The summed E-state index contributed by atoms with van der Waals surface area (Å²) in [6.07, 6.45) is 0. The Labute approximate surface area is 192 Å². The number of aliphatic carboxylic acids is 1. The zero-order valence-electron chi connectivity index (χ0n) is 14.8. The molecule has 1 saturated heterocycles. The van der Waals surface area contributed by atoms with Crippen LogP contribution in [0.1, 0.15) is 5.82 Å². The van der Waals surface area contributed by atoms with E-state index >= 15 is 0 Å². The van der Waals surface area contributed by atoms with Gasteiger partial charge in [-0.25, -0.2) is 4.39 Å². The third-order valence-corrected chi connectivity index (χ3v) is 5.67. The Morgan fingerprint density at radius 1 is 1.52 bits per heavy atom. The van der Waals surface area contributed by atoms with Crippen LogP contribution >= 0.6 is 23.3 Å². The molecule has 1 fully saturated rings. The molecule has 2 aliphatic heterocycles. The third kappa shape index (κ3) is 4.54. The number of hydrogen-bond acceptors (Lipinski definition) is 12. The van der Waals surface area contributed by atoms with E-state index < -0.39 is 54.1 Å². The molecule has 1 aromatic rings. The molecular formula is C13H12FN6NaO6S2. The molecule has 0 spiro atoms.